The molecule has 0 saturated carbocycles. The van der Waals surface area contributed by atoms with Crippen LogP contribution < -0.4 is 5.73 Å². The highest BCUT2D eigenvalue weighted by atomic mass is 16.5. The maximum absolute atomic E-state index is 5.50. The van der Waals surface area contributed by atoms with Crippen LogP contribution >= 0.6 is 0 Å². The monoisotopic (exact) mass is 237 g/mol. The van der Waals surface area contributed by atoms with Crippen molar-refractivity contribution in [2.45, 2.75) is 25.9 Å². The zero-order chi connectivity index (χ0) is 12.3. The fourth-order valence-corrected chi connectivity index (χ4v) is 1.54. The normalized spacial score (nSPS) is 12.8. The van der Waals surface area contributed by atoms with Gasteiger partial charge >= 0.3 is 0 Å². The lowest BCUT2D eigenvalue weighted by Crippen LogP contribution is -2.03. The number of rotatable bonds is 5. The van der Waals surface area contributed by atoms with Gasteiger partial charge in [-0.25, -0.2) is 0 Å². The molecule has 2 aromatic rings. The van der Waals surface area contributed by atoms with Crippen molar-refractivity contribution in [3.8, 4) is 11.6 Å². The van der Waals surface area contributed by atoms with Gasteiger partial charge in [-0.1, -0.05) is 18.5 Å². The molecule has 0 saturated heterocycles. The number of hydrogen-bond acceptors (Lipinski definition) is 6. The van der Waals surface area contributed by atoms with E-state index in [4.69, 9.17) is 15.0 Å². The molecule has 7 heteroatoms. The van der Waals surface area contributed by atoms with Gasteiger partial charge in [-0.15, -0.1) is 0 Å². The average molecular weight is 237 g/mol. The van der Waals surface area contributed by atoms with Gasteiger partial charge in [0.05, 0.1) is 0 Å². The second kappa shape index (κ2) is 4.96. The molecule has 2 aromatic heterocycles. The van der Waals surface area contributed by atoms with E-state index in [0.29, 0.717) is 23.2 Å². The van der Waals surface area contributed by atoms with Crippen LogP contribution in [0.1, 0.15) is 31.7 Å². The van der Waals surface area contributed by atoms with Gasteiger partial charge in [-0.3, -0.25) is 5.10 Å². The summed E-state index contributed by atoms with van der Waals surface area (Å²) in [6.07, 6.45) is 1.69. The highest BCUT2D eigenvalue weighted by Gasteiger charge is 2.18. The van der Waals surface area contributed by atoms with E-state index in [9.17, 15) is 0 Å². The summed E-state index contributed by atoms with van der Waals surface area (Å²) in [7, 11) is 1.63. The molecule has 0 spiro atoms. The van der Waals surface area contributed by atoms with Gasteiger partial charge < -0.3 is 15.0 Å². The third-order valence-corrected chi connectivity index (χ3v) is 2.39. The number of aromatic amines is 1. The SMILES string of the molecule is CCCC(OC)c1noc(-c2cc(N)n[nH]2)n1. The van der Waals surface area contributed by atoms with Crippen LogP contribution in [0.15, 0.2) is 10.6 Å². The Labute approximate surface area is 98.3 Å². The molecule has 0 aliphatic heterocycles. The molecule has 92 valence electrons. The highest BCUT2D eigenvalue weighted by Crippen LogP contribution is 2.22. The Balaban J connectivity index is 2.20. The van der Waals surface area contributed by atoms with Crippen molar-refractivity contribution < 1.29 is 9.26 Å². The predicted molar refractivity (Wildman–Crippen MR) is 61.0 cm³/mol. The zero-order valence-electron chi connectivity index (χ0n) is 9.80. The number of H-pyrrole nitrogens is 1. The molecule has 0 aromatic carbocycles. The number of aromatic nitrogens is 4. The minimum absolute atomic E-state index is 0.141. The maximum atomic E-state index is 5.50. The number of nitrogen functional groups attached to an aromatic ring is 1. The summed E-state index contributed by atoms with van der Waals surface area (Å²) in [6.45, 7) is 2.07. The van der Waals surface area contributed by atoms with E-state index in [1.165, 1.54) is 0 Å². The fraction of sp³-hybridized carbons (Fsp3) is 0.500. The minimum Gasteiger partial charge on any atom is -0.382 e. The van der Waals surface area contributed by atoms with E-state index in [-0.39, 0.29) is 6.10 Å². The molecule has 2 rings (SSSR count). The van der Waals surface area contributed by atoms with E-state index < -0.39 is 0 Å². The van der Waals surface area contributed by atoms with Gasteiger partial charge in [0.15, 0.2) is 0 Å². The molecule has 0 aliphatic rings. The molecule has 0 radical (unpaired) electrons. The lowest BCUT2D eigenvalue weighted by atomic mass is 10.2. The Morgan fingerprint density at radius 3 is 3.00 bits per heavy atom. The Kier molecular flexibility index (Phi) is 3.38. The number of ether oxygens (including phenoxy) is 1. The van der Waals surface area contributed by atoms with Crippen molar-refractivity contribution in [2.75, 3.05) is 12.8 Å². The van der Waals surface area contributed by atoms with Crippen molar-refractivity contribution in [2.24, 2.45) is 0 Å². The topological polar surface area (TPSA) is 103 Å². The predicted octanol–water partition coefficient (Wildman–Crippen LogP) is 1.53. The summed E-state index contributed by atoms with van der Waals surface area (Å²) < 4.78 is 10.4. The Hall–Kier alpha value is -1.89. The molecule has 0 bridgehead atoms. The standard InChI is InChI=1S/C10H15N5O2/c1-3-4-7(16-2)9-12-10(17-15-9)6-5-8(11)14-13-6/h5,7H,3-4H2,1-2H3,(H3,11,13,14). The second-order valence-electron chi connectivity index (χ2n) is 3.68. The highest BCUT2D eigenvalue weighted by molar-refractivity contribution is 5.51. The quantitative estimate of drug-likeness (QED) is 0.817. The van der Waals surface area contributed by atoms with Gasteiger partial charge in [0, 0.05) is 13.2 Å². The molecule has 2 heterocycles. The first-order valence-corrected chi connectivity index (χ1v) is 5.42. The Morgan fingerprint density at radius 2 is 2.41 bits per heavy atom. The molecule has 7 nitrogen and oxygen atoms in total. The molecule has 1 atom stereocenters. The number of methoxy groups -OCH3 is 1. The lowest BCUT2D eigenvalue weighted by molar-refractivity contribution is 0.0854. The maximum Gasteiger partial charge on any atom is 0.276 e. The van der Waals surface area contributed by atoms with E-state index in [1.54, 1.807) is 13.2 Å². The van der Waals surface area contributed by atoms with Gasteiger partial charge in [0.1, 0.15) is 17.6 Å². The van der Waals surface area contributed by atoms with Crippen LogP contribution in [0.4, 0.5) is 5.82 Å². The fourth-order valence-electron chi connectivity index (χ4n) is 1.54. The Morgan fingerprint density at radius 1 is 1.59 bits per heavy atom. The van der Waals surface area contributed by atoms with E-state index in [2.05, 4.69) is 27.3 Å². The third kappa shape index (κ3) is 2.44. The van der Waals surface area contributed by atoms with Crippen LogP contribution in [0.3, 0.4) is 0 Å². The largest absolute Gasteiger partial charge is 0.382 e. The summed E-state index contributed by atoms with van der Waals surface area (Å²) >= 11 is 0. The van der Waals surface area contributed by atoms with Crippen LogP contribution in [0, 0.1) is 0 Å². The van der Waals surface area contributed by atoms with Crippen molar-refractivity contribution in [1.29, 1.82) is 0 Å². The number of nitrogens with zero attached hydrogens (tertiary/aromatic N) is 3. The molecule has 3 N–H and O–H groups in total. The summed E-state index contributed by atoms with van der Waals surface area (Å²) in [6, 6.07) is 1.64. The van der Waals surface area contributed by atoms with Gasteiger partial charge in [0.25, 0.3) is 5.89 Å². The van der Waals surface area contributed by atoms with Crippen LogP contribution in [0.25, 0.3) is 11.6 Å². The van der Waals surface area contributed by atoms with Crippen LogP contribution in [0.2, 0.25) is 0 Å². The number of hydrogen-bond donors (Lipinski definition) is 2. The molecule has 1 unspecified atom stereocenters. The second-order valence-corrected chi connectivity index (χ2v) is 3.68. The first kappa shape index (κ1) is 11.6. The van der Waals surface area contributed by atoms with Crippen molar-refractivity contribution in [3.05, 3.63) is 11.9 Å². The average Bonchev–Trinajstić information content (AvgIpc) is 2.94. The summed E-state index contributed by atoms with van der Waals surface area (Å²) in [5.74, 6) is 1.29. The molecule has 0 amide bonds. The number of nitrogens with one attached hydrogen (secondary N) is 1. The van der Waals surface area contributed by atoms with Crippen LogP contribution in [0.5, 0.6) is 0 Å². The first-order chi connectivity index (χ1) is 8.24. The van der Waals surface area contributed by atoms with Crippen LogP contribution in [-0.2, 0) is 4.74 Å². The summed E-state index contributed by atoms with van der Waals surface area (Å²) in [5, 5.41) is 10.4. The summed E-state index contributed by atoms with van der Waals surface area (Å²) in [5.41, 5.74) is 6.10. The summed E-state index contributed by atoms with van der Waals surface area (Å²) in [4.78, 5) is 4.25. The zero-order valence-corrected chi connectivity index (χ0v) is 9.80. The van der Waals surface area contributed by atoms with Gasteiger partial charge in [-0.2, -0.15) is 10.1 Å². The number of nitrogens with two attached hydrogens (primary N) is 1. The first-order valence-electron chi connectivity index (χ1n) is 5.42. The van der Waals surface area contributed by atoms with Crippen LogP contribution in [-0.4, -0.2) is 27.4 Å². The molecular formula is C10H15N5O2. The van der Waals surface area contributed by atoms with E-state index in [1.807, 2.05) is 0 Å². The Bertz CT molecular complexity index is 479. The smallest absolute Gasteiger partial charge is 0.276 e. The molecule has 17 heavy (non-hydrogen) atoms. The van der Waals surface area contributed by atoms with Crippen molar-refractivity contribution >= 4 is 5.82 Å². The lowest BCUT2D eigenvalue weighted by Gasteiger charge is -2.08. The minimum atomic E-state index is -0.141. The van der Waals surface area contributed by atoms with E-state index in [0.717, 1.165) is 12.8 Å². The molecular weight excluding hydrogens is 222 g/mol. The van der Waals surface area contributed by atoms with Gasteiger partial charge in [-0.05, 0) is 6.42 Å². The van der Waals surface area contributed by atoms with Crippen molar-refractivity contribution in [3.63, 3.8) is 0 Å². The van der Waals surface area contributed by atoms with E-state index >= 15 is 0 Å². The molecule has 0 fully saturated rings. The van der Waals surface area contributed by atoms with Crippen molar-refractivity contribution in [1.82, 2.24) is 20.3 Å². The third-order valence-electron chi connectivity index (χ3n) is 2.39. The number of anilines is 1. The molecule has 0 aliphatic carbocycles. The van der Waals surface area contributed by atoms with Gasteiger partial charge in [0.2, 0.25) is 5.82 Å².